The third-order valence-corrected chi connectivity index (χ3v) is 8.75. The second-order valence-corrected chi connectivity index (χ2v) is 14.0. The molecule has 198 valence electrons. The maximum absolute atomic E-state index is 14.8. The molecule has 1 amide bonds. The fourth-order valence-corrected chi connectivity index (χ4v) is 7.01. The van der Waals surface area contributed by atoms with Gasteiger partial charge in [0, 0.05) is 30.7 Å². The predicted octanol–water partition coefficient (Wildman–Crippen LogP) is 5.65. The maximum Gasteiger partial charge on any atom is 0.353 e. The monoisotopic (exact) mass is 546 g/mol. The van der Waals surface area contributed by atoms with Crippen LogP contribution in [0, 0.1) is 11.2 Å². The summed E-state index contributed by atoms with van der Waals surface area (Å²) in [5.74, 6) is 0.597. The summed E-state index contributed by atoms with van der Waals surface area (Å²) in [5, 5.41) is 0.299. The van der Waals surface area contributed by atoms with E-state index >= 15 is 0 Å². The molecule has 0 spiro atoms. The molecule has 0 radical (unpaired) electrons. The van der Waals surface area contributed by atoms with Gasteiger partial charge in [0.15, 0.2) is 11.7 Å². The highest BCUT2D eigenvalue weighted by Crippen LogP contribution is 2.62. The van der Waals surface area contributed by atoms with E-state index in [2.05, 4.69) is 32.3 Å². The topological polar surface area (TPSA) is 72.3 Å². The van der Waals surface area contributed by atoms with E-state index in [1.807, 2.05) is 18.5 Å². The molecule has 10 heteroatoms. The fourth-order valence-electron chi connectivity index (χ4n) is 4.87. The van der Waals surface area contributed by atoms with E-state index in [9.17, 15) is 14.1 Å². The Hall–Kier alpha value is -2.54. The average molecular weight is 547 g/mol. The summed E-state index contributed by atoms with van der Waals surface area (Å²) >= 11 is 6.73. The van der Waals surface area contributed by atoms with Gasteiger partial charge < -0.3 is 9.80 Å². The number of amides is 1. The second kappa shape index (κ2) is 9.97. The molecule has 3 heterocycles. The Morgan fingerprint density at radius 1 is 1.24 bits per heavy atom. The Morgan fingerprint density at radius 2 is 1.92 bits per heavy atom. The van der Waals surface area contributed by atoms with Crippen LogP contribution in [0.3, 0.4) is 0 Å². The lowest BCUT2D eigenvalue weighted by Crippen LogP contribution is -2.59. The van der Waals surface area contributed by atoms with E-state index in [1.165, 1.54) is 12.1 Å². The molecule has 2 aromatic rings. The molecule has 1 fully saturated rings. The summed E-state index contributed by atoms with van der Waals surface area (Å²) in [6.45, 7) is 17.1. The van der Waals surface area contributed by atoms with Crippen LogP contribution < -0.4 is 4.67 Å². The molecule has 1 unspecified atom stereocenters. The van der Waals surface area contributed by atoms with E-state index in [0.717, 1.165) is 0 Å². The Labute approximate surface area is 224 Å². The van der Waals surface area contributed by atoms with Crippen molar-refractivity contribution in [3.8, 4) is 11.3 Å². The number of fused-ring (bicyclic) bond motifs is 1. The number of carbonyl (C=O) groups excluding carboxylic acids is 1. The zero-order valence-corrected chi connectivity index (χ0v) is 23.9. The first-order chi connectivity index (χ1) is 17.2. The predicted molar refractivity (Wildman–Crippen MR) is 151 cm³/mol. The summed E-state index contributed by atoms with van der Waals surface area (Å²) in [4.78, 5) is 32.9. The number of carbonyl (C=O) groups is 1. The van der Waals surface area contributed by atoms with Crippen LogP contribution in [-0.2, 0) is 4.79 Å². The van der Waals surface area contributed by atoms with Crippen molar-refractivity contribution in [1.82, 2.24) is 14.8 Å². The number of halogens is 2. The highest BCUT2D eigenvalue weighted by molar-refractivity contribution is 7.70. The number of benzene rings is 1. The number of anilines is 1. The van der Waals surface area contributed by atoms with Gasteiger partial charge in [0.1, 0.15) is 12.5 Å². The van der Waals surface area contributed by atoms with Crippen LogP contribution in [0.1, 0.15) is 40.2 Å². The number of nitrogens with zero attached hydrogens (tertiary/aromatic N) is 5. The molecule has 1 N–H and O–H groups in total. The first-order valence-corrected chi connectivity index (χ1v) is 14.8. The molecule has 4 rings (SSSR count). The molecule has 37 heavy (non-hydrogen) atoms. The molecule has 1 aromatic heterocycles. The minimum Gasteiger partial charge on any atom is -0.346 e. The summed E-state index contributed by atoms with van der Waals surface area (Å²) in [5.41, 5.74) is 1.13. The van der Waals surface area contributed by atoms with Gasteiger partial charge in [0.2, 0.25) is 5.91 Å². The van der Waals surface area contributed by atoms with E-state index in [-0.39, 0.29) is 23.4 Å². The van der Waals surface area contributed by atoms with E-state index < -0.39 is 13.6 Å². The largest absolute Gasteiger partial charge is 0.353 e. The Morgan fingerprint density at radius 3 is 2.54 bits per heavy atom. The van der Waals surface area contributed by atoms with Gasteiger partial charge in [-0.05, 0) is 43.5 Å². The highest BCUT2D eigenvalue weighted by atomic mass is 35.5. The molecule has 0 aliphatic carbocycles. The van der Waals surface area contributed by atoms with E-state index in [1.54, 1.807) is 35.8 Å². The maximum atomic E-state index is 14.8. The number of rotatable bonds is 3. The van der Waals surface area contributed by atoms with Gasteiger partial charge in [-0.2, -0.15) is 4.67 Å². The van der Waals surface area contributed by atoms with Crippen molar-refractivity contribution in [2.75, 3.05) is 31.0 Å². The molecule has 0 bridgehead atoms. The zero-order chi connectivity index (χ0) is 27.3. The molecule has 1 saturated heterocycles. The van der Waals surface area contributed by atoms with E-state index in [4.69, 9.17) is 21.3 Å². The van der Waals surface area contributed by atoms with Gasteiger partial charge in [-0.15, -0.1) is 0 Å². The molecule has 2 aliphatic rings. The molecule has 7 nitrogen and oxygen atoms in total. The third kappa shape index (κ3) is 5.38. The van der Waals surface area contributed by atoms with Crippen LogP contribution >= 0.6 is 19.4 Å². The Bertz CT molecular complexity index is 1260. The number of hydrogen-bond acceptors (Lipinski definition) is 6. The Kier molecular flexibility index (Phi) is 7.41. The average Bonchev–Trinajstić information content (AvgIpc) is 2.81. The number of pyridine rings is 1. The molecular weight excluding hydrogens is 512 g/mol. The fraction of sp³-hybridized carbons (Fsp3) is 0.444. The van der Waals surface area contributed by atoms with Gasteiger partial charge >= 0.3 is 7.79 Å². The van der Waals surface area contributed by atoms with Crippen LogP contribution in [-0.4, -0.2) is 69.8 Å². The first kappa shape index (κ1) is 27.5. The van der Waals surface area contributed by atoms with Crippen molar-refractivity contribution in [3.63, 3.8) is 0 Å². The number of aromatic nitrogens is 1. The van der Waals surface area contributed by atoms with Crippen LogP contribution in [0.2, 0.25) is 5.02 Å². The van der Waals surface area contributed by atoms with Crippen LogP contribution in [0.25, 0.3) is 11.3 Å². The summed E-state index contributed by atoms with van der Waals surface area (Å²) in [6.07, 6.45) is 1.33. The standard InChI is InChI=1S/C27H35ClFN5O2P/c1-8-23(35)32-14-18(3)33(15-17(32)2)26-20-13-21(28)24(19-11-9-10-12-22(19)29)30-25(20)34(16-27(4,5)6)37(7,36)31-26/h8-13,17-18,36H,1,14-16H2,2-7H3/q+1/t17-,18+,37?/m1/s1. The number of amidine groups is 1. The minimum atomic E-state index is -3.04. The van der Waals surface area contributed by atoms with Crippen molar-refractivity contribution in [2.45, 2.75) is 46.7 Å². The van der Waals surface area contributed by atoms with Crippen molar-refractivity contribution >= 4 is 37.0 Å². The van der Waals surface area contributed by atoms with E-state index in [0.29, 0.717) is 53.1 Å². The smallest absolute Gasteiger partial charge is 0.346 e. The summed E-state index contributed by atoms with van der Waals surface area (Å²) in [6, 6.07) is 8.00. The van der Waals surface area contributed by atoms with Crippen LogP contribution in [0.5, 0.6) is 0 Å². The van der Waals surface area contributed by atoms with Crippen LogP contribution in [0.4, 0.5) is 10.2 Å². The number of hydrogen-bond donors (Lipinski definition) is 1. The normalized spacial score (nSPS) is 24.0. The minimum absolute atomic E-state index is 0.0779. The van der Waals surface area contributed by atoms with Gasteiger partial charge in [0.25, 0.3) is 0 Å². The van der Waals surface area contributed by atoms with Gasteiger partial charge in [-0.1, -0.05) is 55.8 Å². The van der Waals surface area contributed by atoms with Gasteiger partial charge in [-0.25, -0.2) is 14.3 Å². The van der Waals surface area contributed by atoms with Crippen molar-refractivity contribution in [3.05, 3.63) is 59.4 Å². The molecule has 1 aromatic carbocycles. The summed E-state index contributed by atoms with van der Waals surface area (Å²) in [7, 11) is -3.04. The Balaban J connectivity index is 1.87. The SMILES string of the molecule is C=CC(=O)N1C[C@H](C)N(C2=N[P+](C)(O)N(CC(C)(C)C)c3nc(-c4ccccc4F)c(Cl)cc32)C[C@H]1C. The second-order valence-electron chi connectivity index (χ2n) is 11.1. The van der Waals surface area contributed by atoms with Crippen LogP contribution in [0.15, 0.2) is 47.7 Å². The molecule has 3 atom stereocenters. The lowest BCUT2D eigenvalue weighted by molar-refractivity contribution is -0.130. The third-order valence-electron chi connectivity index (χ3n) is 6.65. The zero-order valence-electron chi connectivity index (χ0n) is 22.2. The summed E-state index contributed by atoms with van der Waals surface area (Å²) < 4.78 is 21.6. The molecule has 0 saturated carbocycles. The molecular formula is C27H35ClFN5O2P+. The lowest BCUT2D eigenvalue weighted by Gasteiger charge is -2.46. The van der Waals surface area contributed by atoms with Gasteiger partial charge in [-0.3, -0.25) is 4.79 Å². The first-order valence-electron chi connectivity index (χ1n) is 12.4. The number of piperazine rings is 1. The van der Waals surface area contributed by atoms with Crippen molar-refractivity contribution in [2.24, 2.45) is 10.2 Å². The molecule has 2 aliphatic heterocycles. The van der Waals surface area contributed by atoms with Crippen molar-refractivity contribution in [1.29, 1.82) is 0 Å². The highest BCUT2D eigenvalue weighted by Gasteiger charge is 2.50. The van der Waals surface area contributed by atoms with Crippen molar-refractivity contribution < 1.29 is 14.1 Å². The quantitative estimate of drug-likeness (QED) is 0.398. The lowest BCUT2D eigenvalue weighted by atomic mass is 9.96. The van der Waals surface area contributed by atoms with Gasteiger partial charge in [0.05, 0.1) is 22.8 Å².